The lowest BCUT2D eigenvalue weighted by Gasteiger charge is -2.05. The minimum absolute atomic E-state index is 0.667. The highest BCUT2D eigenvalue weighted by Crippen LogP contribution is 2.26. The molecule has 19 heavy (non-hydrogen) atoms. The quantitative estimate of drug-likeness (QED) is 0.736. The smallest absolute Gasteiger partial charge is 0.159 e. The second-order valence-corrected chi connectivity index (χ2v) is 4.72. The molecule has 0 unspecified atom stereocenters. The van der Waals surface area contributed by atoms with Crippen molar-refractivity contribution in [1.82, 2.24) is 19.7 Å². The van der Waals surface area contributed by atoms with Gasteiger partial charge in [-0.15, -0.1) is 0 Å². The Bertz CT molecular complexity index is 706. The van der Waals surface area contributed by atoms with Gasteiger partial charge in [-0.25, -0.2) is 9.67 Å². The van der Waals surface area contributed by atoms with Crippen molar-refractivity contribution in [2.45, 2.75) is 19.9 Å². The second kappa shape index (κ2) is 4.97. The molecule has 0 fully saturated rings. The molecule has 0 aliphatic heterocycles. The largest absolute Gasteiger partial charge is 0.265 e. The van der Waals surface area contributed by atoms with Gasteiger partial charge in [0.05, 0.1) is 23.2 Å². The molecule has 3 rings (SSSR count). The van der Waals surface area contributed by atoms with E-state index in [-0.39, 0.29) is 0 Å². The molecule has 0 aromatic carbocycles. The highest BCUT2D eigenvalue weighted by Gasteiger charge is 2.10. The fourth-order valence-electron chi connectivity index (χ4n) is 2.06. The van der Waals surface area contributed by atoms with E-state index in [1.807, 2.05) is 23.0 Å². The van der Waals surface area contributed by atoms with Crippen molar-refractivity contribution in [1.29, 1.82) is 0 Å². The molecule has 3 aromatic rings. The molecule has 0 spiro atoms. The lowest BCUT2D eigenvalue weighted by molar-refractivity contribution is 0.703. The van der Waals surface area contributed by atoms with Gasteiger partial charge in [-0.1, -0.05) is 18.5 Å². The Kier molecular flexibility index (Phi) is 3.17. The summed E-state index contributed by atoms with van der Waals surface area (Å²) in [5.74, 6) is 0. The average molecular weight is 273 g/mol. The van der Waals surface area contributed by atoms with Crippen LogP contribution in [0.5, 0.6) is 0 Å². The molecular formula is C14H13ClN4. The maximum Gasteiger partial charge on any atom is 0.159 e. The molecule has 0 aliphatic rings. The molecule has 3 aromatic heterocycles. The predicted octanol–water partition coefficient (Wildman–Crippen LogP) is 3.09. The van der Waals surface area contributed by atoms with Gasteiger partial charge in [0, 0.05) is 18.6 Å². The number of fused-ring (bicyclic) bond motifs is 1. The Balaban J connectivity index is 2.04. The Morgan fingerprint density at radius 1 is 1.21 bits per heavy atom. The summed E-state index contributed by atoms with van der Waals surface area (Å²) >= 11 is 6.35. The molecule has 0 amide bonds. The van der Waals surface area contributed by atoms with Crippen molar-refractivity contribution < 1.29 is 0 Å². The molecule has 0 N–H and O–H groups in total. The minimum Gasteiger partial charge on any atom is -0.265 e. The molecule has 0 saturated carbocycles. The molecule has 0 atom stereocenters. The van der Waals surface area contributed by atoms with E-state index in [1.54, 1.807) is 18.6 Å². The summed E-state index contributed by atoms with van der Waals surface area (Å²) in [5.41, 5.74) is 3.01. The number of halogens is 1. The zero-order chi connectivity index (χ0) is 13.2. The topological polar surface area (TPSA) is 43.6 Å². The van der Waals surface area contributed by atoms with Crippen LogP contribution in [0.1, 0.15) is 18.1 Å². The average Bonchev–Trinajstić information content (AvgIpc) is 2.85. The van der Waals surface area contributed by atoms with Crippen LogP contribution in [-0.2, 0) is 13.0 Å². The van der Waals surface area contributed by atoms with Crippen molar-refractivity contribution in [3.63, 3.8) is 0 Å². The van der Waals surface area contributed by atoms with E-state index in [1.165, 1.54) is 0 Å². The number of nitrogens with zero attached hydrogens (tertiary/aromatic N) is 4. The minimum atomic E-state index is 0.667. The Labute approximate surface area is 116 Å². The number of aromatic nitrogens is 4. The van der Waals surface area contributed by atoms with E-state index in [0.717, 1.165) is 33.6 Å². The number of rotatable bonds is 3. The standard InChI is InChI=1S/C14H13ClN4/c1-2-11-7-17-14-12(13(11)15)8-18-19(14)9-10-3-5-16-6-4-10/h3-8H,2,9H2,1H3. The lowest BCUT2D eigenvalue weighted by Crippen LogP contribution is -2.02. The third-order valence-electron chi connectivity index (χ3n) is 3.14. The predicted molar refractivity (Wildman–Crippen MR) is 75.3 cm³/mol. The van der Waals surface area contributed by atoms with E-state index in [2.05, 4.69) is 22.0 Å². The maximum absolute atomic E-state index is 6.35. The lowest BCUT2D eigenvalue weighted by atomic mass is 10.2. The van der Waals surface area contributed by atoms with Crippen LogP contribution in [-0.4, -0.2) is 19.7 Å². The Morgan fingerprint density at radius 3 is 2.74 bits per heavy atom. The van der Waals surface area contributed by atoms with E-state index in [0.29, 0.717) is 6.54 Å². The molecule has 96 valence electrons. The monoisotopic (exact) mass is 272 g/mol. The number of hydrogen-bond acceptors (Lipinski definition) is 3. The summed E-state index contributed by atoms with van der Waals surface area (Å²) in [6, 6.07) is 3.94. The van der Waals surface area contributed by atoms with Gasteiger partial charge in [0.1, 0.15) is 0 Å². The van der Waals surface area contributed by atoms with Crippen molar-refractivity contribution in [2.75, 3.05) is 0 Å². The van der Waals surface area contributed by atoms with E-state index in [9.17, 15) is 0 Å². The molecule has 0 aliphatic carbocycles. The van der Waals surface area contributed by atoms with Crippen molar-refractivity contribution in [3.05, 3.63) is 53.1 Å². The van der Waals surface area contributed by atoms with Crippen LogP contribution in [0.25, 0.3) is 11.0 Å². The Hall–Kier alpha value is -1.94. The number of pyridine rings is 2. The fraction of sp³-hybridized carbons (Fsp3) is 0.214. The Morgan fingerprint density at radius 2 is 2.00 bits per heavy atom. The van der Waals surface area contributed by atoms with Crippen LogP contribution < -0.4 is 0 Å². The number of aryl methyl sites for hydroxylation is 1. The van der Waals surface area contributed by atoms with Gasteiger partial charge in [-0.2, -0.15) is 5.10 Å². The van der Waals surface area contributed by atoms with Crippen LogP contribution in [0.2, 0.25) is 5.02 Å². The van der Waals surface area contributed by atoms with Gasteiger partial charge in [0.15, 0.2) is 5.65 Å². The van der Waals surface area contributed by atoms with Gasteiger partial charge < -0.3 is 0 Å². The van der Waals surface area contributed by atoms with Crippen LogP contribution in [0.3, 0.4) is 0 Å². The van der Waals surface area contributed by atoms with Crippen LogP contribution in [0, 0.1) is 0 Å². The summed E-state index contributed by atoms with van der Waals surface area (Å²) in [7, 11) is 0. The van der Waals surface area contributed by atoms with Crippen molar-refractivity contribution in [2.24, 2.45) is 0 Å². The number of hydrogen-bond donors (Lipinski definition) is 0. The molecular weight excluding hydrogens is 260 g/mol. The van der Waals surface area contributed by atoms with Crippen LogP contribution in [0.4, 0.5) is 0 Å². The van der Waals surface area contributed by atoms with E-state index < -0.39 is 0 Å². The molecule has 0 saturated heterocycles. The van der Waals surface area contributed by atoms with Crippen molar-refractivity contribution >= 4 is 22.6 Å². The molecule has 0 radical (unpaired) electrons. The van der Waals surface area contributed by atoms with E-state index in [4.69, 9.17) is 11.6 Å². The normalized spacial score (nSPS) is 11.1. The summed E-state index contributed by atoms with van der Waals surface area (Å²) in [6.45, 7) is 2.73. The summed E-state index contributed by atoms with van der Waals surface area (Å²) < 4.78 is 1.86. The first-order valence-corrected chi connectivity index (χ1v) is 6.55. The summed E-state index contributed by atoms with van der Waals surface area (Å²) in [6.07, 6.45) is 8.03. The molecule has 5 heteroatoms. The summed E-state index contributed by atoms with van der Waals surface area (Å²) in [5, 5.41) is 6.05. The van der Waals surface area contributed by atoms with Gasteiger partial charge in [-0.05, 0) is 29.7 Å². The molecule has 4 nitrogen and oxygen atoms in total. The highest BCUT2D eigenvalue weighted by atomic mass is 35.5. The summed E-state index contributed by atoms with van der Waals surface area (Å²) in [4.78, 5) is 8.48. The maximum atomic E-state index is 6.35. The first-order valence-electron chi connectivity index (χ1n) is 6.17. The highest BCUT2D eigenvalue weighted by molar-refractivity contribution is 6.35. The second-order valence-electron chi connectivity index (χ2n) is 4.35. The third-order valence-corrected chi connectivity index (χ3v) is 3.58. The van der Waals surface area contributed by atoms with Crippen molar-refractivity contribution in [3.8, 4) is 0 Å². The fourth-order valence-corrected chi connectivity index (χ4v) is 2.38. The van der Waals surface area contributed by atoms with Crippen LogP contribution >= 0.6 is 11.6 Å². The zero-order valence-electron chi connectivity index (χ0n) is 10.5. The SMILES string of the molecule is CCc1cnc2c(cnn2Cc2ccncc2)c1Cl. The van der Waals surface area contributed by atoms with Crippen LogP contribution in [0.15, 0.2) is 36.9 Å². The molecule has 0 bridgehead atoms. The van der Waals surface area contributed by atoms with Gasteiger partial charge in [0.25, 0.3) is 0 Å². The van der Waals surface area contributed by atoms with Gasteiger partial charge in [-0.3, -0.25) is 4.98 Å². The first-order chi connectivity index (χ1) is 9.29. The molecule has 3 heterocycles. The van der Waals surface area contributed by atoms with E-state index >= 15 is 0 Å². The zero-order valence-corrected chi connectivity index (χ0v) is 11.3. The first kappa shape index (κ1) is 12.1. The third kappa shape index (κ3) is 2.19. The van der Waals surface area contributed by atoms with Gasteiger partial charge >= 0.3 is 0 Å². The van der Waals surface area contributed by atoms with Gasteiger partial charge in [0.2, 0.25) is 0 Å².